The zero-order valence-electron chi connectivity index (χ0n) is 17.6. The summed E-state index contributed by atoms with van der Waals surface area (Å²) in [6.45, 7) is 0. The molecule has 0 aromatic heterocycles. The van der Waals surface area contributed by atoms with Crippen molar-refractivity contribution in [1.82, 2.24) is 4.90 Å². The second-order valence-electron chi connectivity index (χ2n) is 8.54. The normalized spacial score (nSPS) is 27.1. The second-order valence-corrected chi connectivity index (χ2v) is 8.54. The van der Waals surface area contributed by atoms with Crippen molar-refractivity contribution in [2.45, 2.75) is 49.5 Å². The number of aromatic hydroxyl groups is 1. The number of phenolic OH excluding ortho intramolecular Hbond substituents is 1. The van der Waals surface area contributed by atoms with E-state index in [0.29, 0.717) is 17.7 Å². The van der Waals surface area contributed by atoms with Crippen LogP contribution in [0.15, 0.2) is 42.5 Å². The van der Waals surface area contributed by atoms with Gasteiger partial charge in [0.25, 0.3) is 0 Å². The van der Waals surface area contributed by atoms with E-state index in [1.54, 1.807) is 12.1 Å². The van der Waals surface area contributed by atoms with E-state index in [-0.39, 0.29) is 5.75 Å². The summed E-state index contributed by atoms with van der Waals surface area (Å²) in [6.07, 6.45) is 3.13. The monoisotopic (exact) mass is 423 g/mol. The van der Waals surface area contributed by atoms with Crippen LogP contribution in [0.2, 0.25) is 0 Å². The maximum atomic E-state index is 12.8. The molecule has 2 atom stereocenters. The molecule has 7 heteroatoms. The number of benzene rings is 2. The van der Waals surface area contributed by atoms with Crippen LogP contribution < -0.4 is 4.74 Å². The number of nitrogens with zero attached hydrogens (tertiary/aromatic N) is 1. The van der Waals surface area contributed by atoms with Crippen molar-refractivity contribution < 1.29 is 28.9 Å². The third-order valence-electron chi connectivity index (χ3n) is 7.18. The highest BCUT2D eigenvalue weighted by Crippen LogP contribution is 2.60. The predicted molar refractivity (Wildman–Crippen MR) is 110 cm³/mol. The quantitative estimate of drug-likeness (QED) is 0.600. The third-order valence-corrected chi connectivity index (χ3v) is 7.18. The highest BCUT2D eigenvalue weighted by Gasteiger charge is 2.65. The van der Waals surface area contributed by atoms with Crippen LogP contribution in [0.1, 0.15) is 42.4 Å². The van der Waals surface area contributed by atoms with Gasteiger partial charge in [0.2, 0.25) is 5.72 Å². The minimum atomic E-state index is -1.31. The fourth-order valence-corrected chi connectivity index (χ4v) is 5.82. The molecule has 5 rings (SSSR count). The van der Waals surface area contributed by atoms with E-state index in [0.717, 1.165) is 36.8 Å². The standard InChI is InChI=1S/C24H25NO6/c1-25-20-13-15-12-19(29-2)18(26)14-17(15)24(25,31-22(28)21(27)30-20)23(10-6-7-11-23)16-8-4-3-5-9-16/h3-5,8-9,12,14,20,26H,6-7,10-11,13H2,1-2H3. The van der Waals surface area contributed by atoms with Crippen LogP contribution in [-0.2, 0) is 36.6 Å². The van der Waals surface area contributed by atoms with Gasteiger partial charge in [0, 0.05) is 12.0 Å². The number of methoxy groups -OCH3 is 1. The Morgan fingerprint density at radius 1 is 1.10 bits per heavy atom. The maximum absolute atomic E-state index is 12.8. The summed E-state index contributed by atoms with van der Waals surface area (Å²) in [4.78, 5) is 27.2. The minimum absolute atomic E-state index is 0.0405. The lowest BCUT2D eigenvalue weighted by molar-refractivity contribution is -0.224. The third kappa shape index (κ3) is 2.62. The Morgan fingerprint density at radius 3 is 2.48 bits per heavy atom. The van der Waals surface area contributed by atoms with Gasteiger partial charge in [0.05, 0.1) is 12.5 Å². The van der Waals surface area contributed by atoms with Crippen molar-refractivity contribution in [3.8, 4) is 11.5 Å². The second kappa shape index (κ2) is 6.99. The SMILES string of the molecule is COc1cc2c(cc1O)C1(C3(c4ccccc4)CCCC3)OC(=O)C(=O)OC(C2)N1C. The number of carbonyl (C=O) groups is 2. The first kappa shape index (κ1) is 19.9. The lowest BCUT2D eigenvalue weighted by atomic mass is 9.64. The molecular formula is C24H25NO6. The van der Waals surface area contributed by atoms with Crippen LogP contribution in [0.3, 0.4) is 0 Å². The molecule has 1 N–H and O–H groups in total. The summed E-state index contributed by atoms with van der Waals surface area (Å²) in [5.74, 6) is -1.72. The fraction of sp³-hybridized carbons (Fsp3) is 0.417. The molecule has 31 heavy (non-hydrogen) atoms. The Balaban J connectivity index is 1.86. The van der Waals surface area contributed by atoms with E-state index in [2.05, 4.69) is 0 Å². The molecule has 2 aromatic rings. The van der Waals surface area contributed by atoms with E-state index < -0.39 is 29.3 Å². The van der Waals surface area contributed by atoms with Gasteiger partial charge in [0.15, 0.2) is 17.7 Å². The number of hydrogen-bond donors (Lipinski definition) is 1. The van der Waals surface area contributed by atoms with Crippen molar-refractivity contribution in [2.75, 3.05) is 14.2 Å². The van der Waals surface area contributed by atoms with Crippen molar-refractivity contribution in [3.05, 3.63) is 59.2 Å². The van der Waals surface area contributed by atoms with Gasteiger partial charge in [-0.3, -0.25) is 0 Å². The molecule has 2 aliphatic heterocycles. The fourth-order valence-electron chi connectivity index (χ4n) is 5.82. The number of ether oxygens (including phenoxy) is 3. The number of esters is 2. The maximum Gasteiger partial charge on any atom is 0.419 e. The summed E-state index contributed by atoms with van der Waals surface area (Å²) in [7, 11) is 3.31. The number of rotatable bonds is 3. The molecule has 0 spiro atoms. The number of phenols is 1. The van der Waals surface area contributed by atoms with Crippen molar-refractivity contribution in [1.29, 1.82) is 0 Å². The Kier molecular flexibility index (Phi) is 4.48. The zero-order valence-corrected chi connectivity index (χ0v) is 17.6. The molecule has 2 unspecified atom stereocenters. The van der Waals surface area contributed by atoms with E-state index in [1.807, 2.05) is 42.3 Å². The van der Waals surface area contributed by atoms with Crippen LogP contribution in [0.25, 0.3) is 0 Å². The molecule has 0 radical (unpaired) electrons. The molecule has 3 aliphatic rings. The minimum Gasteiger partial charge on any atom is -0.504 e. The molecule has 2 heterocycles. The Hall–Kier alpha value is -3.06. The highest BCUT2D eigenvalue weighted by molar-refractivity contribution is 6.30. The van der Waals surface area contributed by atoms with Crippen LogP contribution in [0.4, 0.5) is 0 Å². The summed E-state index contributed by atoms with van der Waals surface area (Å²) < 4.78 is 17.0. The largest absolute Gasteiger partial charge is 0.504 e. The molecule has 162 valence electrons. The first-order chi connectivity index (χ1) is 14.9. The van der Waals surface area contributed by atoms with Gasteiger partial charge >= 0.3 is 11.9 Å². The van der Waals surface area contributed by atoms with Gasteiger partial charge in [-0.05, 0) is 43.1 Å². The lowest BCUT2D eigenvalue weighted by Crippen LogP contribution is -2.64. The molecule has 1 saturated heterocycles. The topological polar surface area (TPSA) is 85.3 Å². The molecular weight excluding hydrogens is 398 g/mol. The van der Waals surface area contributed by atoms with E-state index in [1.165, 1.54) is 7.11 Å². The predicted octanol–water partition coefficient (Wildman–Crippen LogP) is 2.98. The van der Waals surface area contributed by atoms with Crippen LogP contribution in [0, 0.1) is 0 Å². The molecule has 0 amide bonds. The average Bonchev–Trinajstić information content (AvgIpc) is 3.26. The smallest absolute Gasteiger partial charge is 0.419 e. The molecule has 2 fully saturated rings. The number of carbonyl (C=O) groups excluding carboxylic acids is 2. The first-order valence-corrected chi connectivity index (χ1v) is 10.6. The van der Waals surface area contributed by atoms with Crippen LogP contribution in [0.5, 0.6) is 11.5 Å². The summed E-state index contributed by atoms with van der Waals surface area (Å²) in [5, 5.41) is 10.7. The summed E-state index contributed by atoms with van der Waals surface area (Å²) in [6, 6.07) is 13.3. The molecule has 7 nitrogen and oxygen atoms in total. The van der Waals surface area contributed by atoms with Gasteiger partial charge in [-0.15, -0.1) is 0 Å². The lowest BCUT2D eigenvalue weighted by Gasteiger charge is -2.55. The highest BCUT2D eigenvalue weighted by atomic mass is 16.6. The molecule has 2 bridgehead atoms. The Morgan fingerprint density at radius 2 is 1.81 bits per heavy atom. The van der Waals surface area contributed by atoms with Gasteiger partial charge in [0.1, 0.15) is 0 Å². The van der Waals surface area contributed by atoms with Crippen molar-refractivity contribution in [3.63, 3.8) is 0 Å². The van der Waals surface area contributed by atoms with E-state index in [9.17, 15) is 14.7 Å². The summed E-state index contributed by atoms with van der Waals surface area (Å²) >= 11 is 0. The zero-order chi connectivity index (χ0) is 21.8. The van der Waals surface area contributed by atoms with Gasteiger partial charge in [-0.1, -0.05) is 43.2 Å². The van der Waals surface area contributed by atoms with Crippen molar-refractivity contribution in [2.24, 2.45) is 0 Å². The number of fused-ring (bicyclic) bond motifs is 4. The summed E-state index contributed by atoms with van der Waals surface area (Å²) in [5.41, 5.74) is 0.602. The van der Waals surface area contributed by atoms with Gasteiger partial charge < -0.3 is 19.3 Å². The Bertz CT molecular complexity index is 1050. The van der Waals surface area contributed by atoms with Crippen LogP contribution in [-0.4, -0.2) is 42.3 Å². The van der Waals surface area contributed by atoms with Crippen LogP contribution >= 0.6 is 0 Å². The molecule has 1 aliphatic carbocycles. The van der Waals surface area contributed by atoms with Crippen molar-refractivity contribution >= 4 is 11.9 Å². The van der Waals surface area contributed by atoms with E-state index >= 15 is 0 Å². The van der Waals surface area contributed by atoms with E-state index in [4.69, 9.17) is 14.2 Å². The Labute approximate surface area is 180 Å². The van der Waals surface area contributed by atoms with Gasteiger partial charge in [-0.2, -0.15) is 0 Å². The molecule has 1 saturated carbocycles. The first-order valence-electron chi connectivity index (χ1n) is 10.6. The number of likely N-dealkylation sites (N-methyl/N-ethyl adjacent to an activating group) is 1. The number of hydrogen-bond acceptors (Lipinski definition) is 7. The average molecular weight is 423 g/mol. The van der Waals surface area contributed by atoms with Gasteiger partial charge in [-0.25, -0.2) is 14.5 Å². The molecule has 2 aromatic carbocycles.